The van der Waals surface area contributed by atoms with Gasteiger partial charge in [-0.15, -0.1) is 0 Å². The van der Waals surface area contributed by atoms with E-state index in [2.05, 4.69) is 17.0 Å². The van der Waals surface area contributed by atoms with Gasteiger partial charge >= 0.3 is 0 Å². The van der Waals surface area contributed by atoms with Crippen LogP contribution in [0.15, 0.2) is 42.5 Å². The Kier molecular flexibility index (Phi) is 5.72. The third-order valence-electron chi connectivity index (χ3n) is 4.75. The van der Waals surface area contributed by atoms with Crippen molar-refractivity contribution in [2.75, 3.05) is 31.1 Å². The van der Waals surface area contributed by atoms with Gasteiger partial charge in [-0.25, -0.2) is 0 Å². The molecule has 138 valence electrons. The van der Waals surface area contributed by atoms with Crippen molar-refractivity contribution in [2.45, 2.75) is 26.9 Å². The zero-order chi connectivity index (χ0) is 18.7. The maximum absolute atomic E-state index is 12.7. The predicted octanol–water partition coefficient (Wildman–Crippen LogP) is 4.07. The summed E-state index contributed by atoms with van der Waals surface area (Å²) >= 11 is 6.08. The van der Waals surface area contributed by atoms with Gasteiger partial charge in [0.15, 0.2) is 6.10 Å². The SMILES string of the molecule is Cc1ccc(O[C@H](C)C(=O)N2CCN(c3cccc(Cl)c3)CC2)c(C)c1. The number of anilines is 1. The Morgan fingerprint density at radius 2 is 1.81 bits per heavy atom. The second kappa shape index (κ2) is 8.00. The van der Waals surface area contributed by atoms with Gasteiger partial charge < -0.3 is 14.5 Å². The molecule has 3 rings (SSSR count). The third-order valence-corrected chi connectivity index (χ3v) is 4.98. The van der Waals surface area contributed by atoms with E-state index in [1.807, 2.05) is 56.0 Å². The van der Waals surface area contributed by atoms with Crippen LogP contribution < -0.4 is 9.64 Å². The zero-order valence-corrected chi connectivity index (χ0v) is 16.3. The molecule has 4 nitrogen and oxygen atoms in total. The molecular weight excluding hydrogens is 348 g/mol. The minimum absolute atomic E-state index is 0.0377. The molecule has 0 saturated carbocycles. The van der Waals surface area contributed by atoms with Crippen molar-refractivity contribution in [1.29, 1.82) is 0 Å². The van der Waals surface area contributed by atoms with Crippen LogP contribution in [0.3, 0.4) is 0 Å². The van der Waals surface area contributed by atoms with Gasteiger partial charge in [-0.05, 0) is 50.6 Å². The quantitative estimate of drug-likeness (QED) is 0.810. The van der Waals surface area contributed by atoms with Gasteiger partial charge in [0.25, 0.3) is 5.91 Å². The molecule has 2 aromatic rings. The lowest BCUT2D eigenvalue weighted by Crippen LogP contribution is -2.52. The number of ether oxygens (including phenoxy) is 1. The molecule has 2 aromatic carbocycles. The summed E-state index contributed by atoms with van der Waals surface area (Å²) in [6.45, 7) is 8.83. The van der Waals surface area contributed by atoms with Crippen molar-refractivity contribution < 1.29 is 9.53 Å². The van der Waals surface area contributed by atoms with Crippen molar-refractivity contribution >= 4 is 23.2 Å². The number of hydrogen-bond acceptors (Lipinski definition) is 3. The van der Waals surface area contributed by atoms with E-state index in [4.69, 9.17) is 16.3 Å². The van der Waals surface area contributed by atoms with Gasteiger partial charge in [-0.3, -0.25) is 4.79 Å². The summed E-state index contributed by atoms with van der Waals surface area (Å²) in [6, 6.07) is 13.8. The number of benzene rings is 2. The van der Waals surface area contributed by atoms with E-state index in [0.29, 0.717) is 13.1 Å². The first kappa shape index (κ1) is 18.6. The number of nitrogens with zero attached hydrogens (tertiary/aromatic N) is 2. The van der Waals surface area contributed by atoms with Gasteiger partial charge in [-0.2, -0.15) is 0 Å². The average Bonchev–Trinajstić information content (AvgIpc) is 2.63. The highest BCUT2D eigenvalue weighted by molar-refractivity contribution is 6.30. The van der Waals surface area contributed by atoms with E-state index in [-0.39, 0.29) is 5.91 Å². The summed E-state index contributed by atoms with van der Waals surface area (Å²) in [4.78, 5) is 16.9. The Morgan fingerprint density at radius 1 is 1.08 bits per heavy atom. The van der Waals surface area contributed by atoms with Crippen LogP contribution in [0.1, 0.15) is 18.1 Å². The van der Waals surface area contributed by atoms with Gasteiger partial charge in [0.05, 0.1) is 0 Å². The molecule has 1 saturated heterocycles. The van der Waals surface area contributed by atoms with Crippen molar-refractivity contribution in [1.82, 2.24) is 4.90 Å². The van der Waals surface area contributed by atoms with Crippen molar-refractivity contribution in [3.05, 3.63) is 58.6 Å². The zero-order valence-electron chi connectivity index (χ0n) is 15.5. The average molecular weight is 373 g/mol. The smallest absolute Gasteiger partial charge is 0.263 e. The highest BCUT2D eigenvalue weighted by Crippen LogP contribution is 2.23. The molecule has 5 heteroatoms. The molecule has 0 unspecified atom stereocenters. The summed E-state index contributed by atoms with van der Waals surface area (Å²) in [5, 5.41) is 0.733. The maximum Gasteiger partial charge on any atom is 0.263 e. The Hall–Kier alpha value is -2.20. The molecule has 0 N–H and O–H groups in total. The molecule has 1 aliphatic rings. The van der Waals surface area contributed by atoms with E-state index in [1.54, 1.807) is 0 Å². The molecule has 1 amide bonds. The first-order valence-corrected chi connectivity index (χ1v) is 9.35. The van der Waals surface area contributed by atoms with Crippen LogP contribution in [0.4, 0.5) is 5.69 Å². The van der Waals surface area contributed by atoms with Crippen LogP contribution in [-0.2, 0) is 4.79 Å². The Bertz CT molecular complexity index is 785. The number of piperazine rings is 1. The van der Waals surface area contributed by atoms with Gasteiger partial charge in [-0.1, -0.05) is 35.4 Å². The summed E-state index contributed by atoms with van der Waals surface area (Å²) in [5.74, 6) is 0.810. The largest absolute Gasteiger partial charge is 0.481 e. The first-order chi connectivity index (χ1) is 12.4. The van der Waals surface area contributed by atoms with Gasteiger partial charge in [0, 0.05) is 36.9 Å². The van der Waals surface area contributed by atoms with E-state index in [0.717, 1.165) is 35.1 Å². The summed E-state index contributed by atoms with van der Waals surface area (Å²) in [6.07, 6.45) is -0.492. The van der Waals surface area contributed by atoms with Crippen molar-refractivity contribution in [3.8, 4) is 5.75 Å². The molecule has 0 radical (unpaired) electrons. The first-order valence-electron chi connectivity index (χ1n) is 8.97. The van der Waals surface area contributed by atoms with E-state index < -0.39 is 6.10 Å². The monoisotopic (exact) mass is 372 g/mol. The number of rotatable bonds is 4. The standard InChI is InChI=1S/C21H25ClN2O2/c1-15-7-8-20(16(2)13-15)26-17(3)21(25)24-11-9-23(10-12-24)19-6-4-5-18(22)14-19/h4-8,13-14,17H,9-12H2,1-3H3/t17-/m1/s1. The van der Waals surface area contributed by atoms with E-state index in [1.165, 1.54) is 5.56 Å². The molecule has 0 spiro atoms. The van der Waals surface area contributed by atoms with Crippen LogP contribution in [0, 0.1) is 13.8 Å². The fraction of sp³-hybridized carbons (Fsp3) is 0.381. The molecule has 26 heavy (non-hydrogen) atoms. The van der Waals surface area contributed by atoms with Crippen LogP contribution in [0.5, 0.6) is 5.75 Å². The van der Waals surface area contributed by atoms with E-state index >= 15 is 0 Å². The minimum atomic E-state index is -0.492. The number of halogens is 1. The predicted molar refractivity (Wildman–Crippen MR) is 106 cm³/mol. The Balaban J connectivity index is 1.57. The highest BCUT2D eigenvalue weighted by Gasteiger charge is 2.26. The summed E-state index contributed by atoms with van der Waals surface area (Å²) in [7, 11) is 0. The lowest BCUT2D eigenvalue weighted by atomic mass is 10.1. The second-order valence-corrected chi connectivity index (χ2v) is 7.26. The molecule has 1 heterocycles. The number of amides is 1. The fourth-order valence-corrected chi connectivity index (χ4v) is 3.47. The van der Waals surface area contributed by atoms with Crippen molar-refractivity contribution in [3.63, 3.8) is 0 Å². The summed E-state index contributed by atoms with van der Waals surface area (Å²) in [5.41, 5.74) is 3.34. The lowest BCUT2D eigenvalue weighted by molar-refractivity contribution is -0.138. The van der Waals surface area contributed by atoms with Gasteiger partial charge in [0.2, 0.25) is 0 Å². The molecular formula is C21H25ClN2O2. The molecule has 0 aromatic heterocycles. The lowest BCUT2D eigenvalue weighted by Gasteiger charge is -2.37. The number of carbonyl (C=O) groups excluding carboxylic acids is 1. The molecule has 1 fully saturated rings. The number of carbonyl (C=O) groups is 1. The van der Waals surface area contributed by atoms with Crippen LogP contribution in [0.2, 0.25) is 5.02 Å². The normalized spacial score (nSPS) is 15.7. The summed E-state index contributed by atoms with van der Waals surface area (Å²) < 4.78 is 5.92. The number of aryl methyl sites for hydroxylation is 2. The minimum Gasteiger partial charge on any atom is -0.481 e. The topological polar surface area (TPSA) is 32.8 Å². The molecule has 0 bridgehead atoms. The Morgan fingerprint density at radius 3 is 2.46 bits per heavy atom. The van der Waals surface area contributed by atoms with Crippen LogP contribution >= 0.6 is 11.6 Å². The fourth-order valence-electron chi connectivity index (χ4n) is 3.29. The second-order valence-electron chi connectivity index (χ2n) is 6.82. The molecule has 1 atom stereocenters. The molecule has 0 aliphatic carbocycles. The van der Waals surface area contributed by atoms with Crippen molar-refractivity contribution in [2.24, 2.45) is 0 Å². The Labute approximate surface area is 160 Å². The third kappa shape index (κ3) is 4.31. The highest BCUT2D eigenvalue weighted by atomic mass is 35.5. The van der Waals surface area contributed by atoms with Crippen LogP contribution in [0.25, 0.3) is 0 Å². The number of hydrogen-bond donors (Lipinski definition) is 0. The van der Waals surface area contributed by atoms with Crippen LogP contribution in [-0.4, -0.2) is 43.1 Å². The molecule has 1 aliphatic heterocycles. The van der Waals surface area contributed by atoms with E-state index in [9.17, 15) is 4.79 Å². The maximum atomic E-state index is 12.7. The van der Waals surface area contributed by atoms with Gasteiger partial charge in [0.1, 0.15) is 5.75 Å².